The minimum Gasteiger partial charge on any atom is -0.508 e. The number of carbonyl (C=O) groups excluding carboxylic acids is 4. The van der Waals surface area contributed by atoms with Crippen LogP contribution >= 0.6 is 11.6 Å². The van der Waals surface area contributed by atoms with Gasteiger partial charge in [0, 0.05) is 28.9 Å². The summed E-state index contributed by atoms with van der Waals surface area (Å²) in [5, 5.41) is 44.1. The number of hydrogen-bond acceptors (Lipinski definition) is 9. The third-order valence-electron chi connectivity index (χ3n) is 8.32. The van der Waals surface area contributed by atoms with Crippen molar-refractivity contribution < 1.29 is 57.5 Å². The fourth-order valence-corrected chi connectivity index (χ4v) is 6.57. The van der Waals surface area contributed by atoms with Gasteiger partial charge in [-0.3, -0.25) is 19.2 Å². The lowest BCUT2D eigenvalue weighted by Crippen LogP contribution is -2.64. The summed E-state index contributed by atoms with van der Waals surface area (Å²) >= 11 is 5.72. The Morgan fingerprint density at radius 3 is 2.44 bits per heavy atom. The van der Waals surface area contributed by atoms with Crippen LogP contribution in [0.4, 0.5) is 13.2 Å². The quantitative estimate of drug-likeness (QED) is 0.252. The largest absolute Gasteiger partial charge is 0.508 e. The monoisotopic (exact) mass is 621 g/mol. The van der Waals surface area contributed by atoms with Gasteiger partial charge >= 0.3 is 12.1 Å². The molecule has 0 bridgehead atoms. The Balaban J connectivity index is 1.67. The van der Waals surface area contributed by atoms with E-state index in [9.17, 15) is 52.8 Å². The first-order valence-electron chi connectivity index (χ1n) is 12.8. The summed E-state index contributed by atoms with van der Waals surface area (Å²) in [5.74, 6) is -11.7. The molecular weight excluding hydrogens is 599 g/mol. The zero-order valence-electron chi connectivity index (χ0n) is 22.1. The number of nitrogens with two attached hydrogens (primary N) is 1. The molecule has 6 N–H and O–H groups in total. The van der Waals surface area contributed by atoms with Crippen molar-refractivity contribution in [3.05, 3.63) is 80.6 Å². The molecule has 0 radical (unpaired) electrons. The number of carbonyl (C=O) groups is 4. The number of aromatic hydroxyl groups is 1. The Kier molecular flexibility index (Phi) is 7.09. The maximum Gasteiger partial charge on any atom is 0.416 e. The summed E-state index contributed by atoms with van der Waals surface area (Å²) in [6, 6.07) is 6.91. The van der Waals surface area contributed by atoms with Crippen LogP contribution in [0.1, 0.15) is 41.5 Å². The van der Waals surface area contributed by atoms with Crippen molar-refractivity contribution in [2.45, 2.75) is 43.6 Å². The molecule has 2 aromatic carbocycles. The average molecular weight is 622 g/mol. The van der Waals surface area contributed by atoms with Crippen LogP contribution in [0.5, 0.6) is 5.75 Å². The van der Waals surface area contributed by atoms with Crippen molar-refractivity contribution in [2.24, 2.45) is 17.6 Å². The van der Waals surface area contributed by atoms with Gasteiger partial charge in [-0.2, -0.15) is 13.2 Å². The lowest BCUT2D eigenvalue weighted by atomic mass is 9.55. The van der Waals surface area contributed by atoms with Gasteiger partial charge in [-0.1, -0.05) is 36.7 Å². The fourth-order valence-electron chi connectivity index (χ4n) is 6.40. The number of phenolic OH excluding ortho intramolecular Hbond substituents is 1. The zero-order valence-corrected chi connectivity index (χ0v) is 22.9. The number of fused-ring (bicyclic) bond motifs is 3. The highest BCUT2D eigenvalue weighted by Gasteiger charge is 2.66. The van der Waals surface area contributed by atoms with Gasteiger partial charge in [-0.05, 0) is 35.2 Å². The summed E-state index contributed by atoms with van der Waals surface area (Å²) in [4.78, 5) is 52.0. The van der Waals surface area contributed by atoms with Gasteiger partial charge in [0.15, 0.2) is 11.4 Å². The van der Waals surface area contributed by atoms with Crippen LogP contribution in [0, 0.1) is 11.8 Å². The summed E-state index contributed by atoms with van der Waals surface area (Å²) in [5.41, 5.74) is -1.15. The molecule has 2 aromatic rings. The van der Waals surface area contributed by atoms with Gasteiger partial charge in [0.1, 0.15) is 28.9 Å². The zero-order chi connectivity index (χ0) is 31.8. The Bertz CT molecular complexity index is 1680. The second-order valence-electron chi connectivity index (χ2n) is 10.7. The van der Waals surface area contributed by atoms with Crippen LogP contribution in [0.25, 0.3) is 5.76 Å². The molecule has 0 unspecified atom stereocenters. The van der Waals surface area contributed by atoms with E-state index < -0.39 is 111 Å². The molecule has 5 rings (SSSR count). The molecule has 10 nitrogen and oxygen atoms in total. The highest BCUT2D eigenvalue weighted by Crippen LogP contribution is 2.56. The number of ether oxygens (including phenoxy) is 1. The molecule has 1 amide bonds. The number of benzene rings is 2. The van der Waals surface area contributed by atoms with Crippen LogP contribution in [-0.2, 0) is 36.5 Å². The Morgan fingerprint density at radius 1 is 1.14 bits per heavy atom. The number of phenols is 1. The second-order valence-corrected chi connectivity index (χ2v) is 11.1. The van der Waals surface area contributed by atoms with E-state index in [4.69, 9.17) is 22.1 Å². The maximum atomic E-state index is 13.9. The van der Waals surface area contributed by atoms with Crippen molar-refractivity contribution in [2.75, 3.05) is 0 Å². The number of amides is 1. The standard InChI is InChI=1S/C29H23ClF3NO9/c1-10-13-3-2-4-16(35)20(13)23(38)22-19(10)24(15-9-17(36)21(27(34)41)25(39)28(15,42)26(22)40)43-18(37)7-11-5-6-12(30)8-14(11)29(31,32)33/h2-6,8,10,15,19,24,35,38-39,42H,7,9H2,1H3,(H2,34,41)/t10-,15+,19+,24+,28+/m0/s1. The lowest BCUT2D eigenvalue weighted by Gasteiger charge is -2.51. The van der Waals surface area contributed by atoms with E-state index in [2.05, 4.69) is 0 Å². The third kappa shape index (κ3) is 4.54. The van der Waals surface area contributed by atoms with E-state index in [0.29, 0.717) is 11.6 Å². The number of rotatable bonds is 4. The van der Waals surface area contributed by atoms with Gasteiger partial charge in [-0.25, -0.2) is 0 Å². The molecule has 0 saturated heterocycles. The molecule has 43 heavy (non-hydrogen) atoms. The number of ketones is 2. The van der Waals surface area contributed by atoms with E-state index in [1.165, 1.54) is 18.2 Å². The molecule has 226 valence electrons. The van der Waals surface area contributed by atoms with Crippen molar-refractivity contribution in [1.82, 2.24) is 0 Å². The first-order valence-corrected chi connectivity index (χ1v) is 13.2. The number of aliphatic hydroxyl groups is 3. The Hall–Kier alpha value is -4.36. The second kappa shape index (κ2) is 10.1. The van der Waals surface area contributed by atoms with Gasteiger partial charge in [0.2, 0.25) is 5.78 Å². The van der Waals surface area contributed by atoms with Crippen LogP contribution in [0.2, 0.25) is 5.02 Å². The summed E-state index contributed by atoms with van der Waals surface area (Å²) in [6.07, 6.45) is -8.38. The molecule has 0 aromatic heterocycles. The minimum atomic E-state index is -4.89. The van der Waals surface area contributed by atoms with E-state index in [-0.39, 0.29) is 10.6 Å². The first kappa shape index (κ1) is 30.1. The number of primary amides is 1. The van der Waals surface area contributed by atoms with E-state index in [1.54, 1.807) is 6.92 Å². The summed E-state index contributed by atoms with van der Waals surface area (Å²) in [7, 11) is 0. The molecular formula is C29H23ClF3NO9. The Morgan fingerprint density at radius 2 is 1.81 bits per heavy atom. The number of aliphatic hydroxyl groups excluding tert-OH is 2. The van der Waals surface area contributed by atoms with Crippen LogP contribution in [0.3, 0.4) is 0 Å². The van der Waals surface area contributed by atoms with Gasteiger partial charge in [0.25, 0.3) is 5.91 Å². The van der Waals surface area contributed by atoms with Crippen molar-refractivity contribution in [1.29, 1.82) is 0 Å². The molecule has 5 atom stereocenters. The average Bonchev–Trinajstić information content (AvgIpc) is 2.90. The number of Topliss-reactive ketones (excluding diaryl/α,β-unsaturated/α-hetero) is 2. The number of esters is 1. The van der Waals surface area contributed by atoms with Crippen molar-refractivity contribution in [3.63, 3.8) is 0 Å². The molecule has 0 heterocycles. The highest BCUT2D eigenvalue weighted by molar-refractivity contribution is 6.30. The topological polar surface area (TPSA) is 184 Å². The molecule has 3 aliphatic rings. The van der Waals surface area contributed by atoms with E-state index in [0.717, 1.165) is 12.1 Å². The van der Waals surface area contributed by atoms with E-state index >= 15 is 0 Å². The molecule has 14 heteroatoms. The predicted octanol–water partition coefficient (Wildman–Crippen LogP) is 3.42. The summed E-state index contributed by atoms with van der Waals surface area (Å²) < 4.78 is 46.7. The number of hydrogen-bond donors (Lipinski definition) is 5. The fraction of sp³-hybridized carbons (Fsp3) is 0.310. The van der Waals surface area contributed by atoms with Gasteiger partial charge < -0.3 is 30.9 Å². The van der Waals surface area contributed by atoms with E-state index in [1.807, 2.05) is 0 Å². The van der Waals surface area contributed by atoms with Crippen LogP contribution in [-0.4, -0.2) is 55.6 Å². The first-order chi connectivity index (χ1) is 20.0. The summed E-state index contributed by atoms with van der Waals surface area (Å²) in [6.45, 7) is 1.55. The molecule has 0 spiro atoms. The van der Waals surface area contributed by atoms with Gasteiger partial charge in [-0.15, -0.1) is 0 Å². The normalized spacial score (nSPS) is 26.9. The molecule has 1 saturated carbocycles. The predicted molar refractivity (Wildman–Crippen MR) is 142 cm³/mol. The SMILES string of the molecule is C[C@H]1c2cccc(O)c2C(O)=C2C(=O)[C@]3(O)C(O)=C(C(N)=O)C(=O)C[C@@H]3[C@@H](OC(=O)Cc3ccc(Cl)cc3C(F)(F)F)[C@@H]21. The van der Waals surface area contributed by atoms with Crippen molar-refractivity contribution in [3.8, 4) is 5.75 Å². The van der Waals surface area contributed by atoms with Crippen molar-refractivity contribution >= 4 is 40.8 Å². The minimum absolute atomic E-state index is 0.178. The molecule has 0 aliphatic heterocycles. The number of alkyl halides is 3. The molecule has 3 aliphatic carbocycles. The van der Waals surface area contributed by atoms with Crippen LogP contribution in [0.15, 0.2) is 53.3 Å². The maximum absolute atomic E-state index is 13.9. The Labute approximate surface area is 245 Å². The smallest absolute Gasteiger partial charge is 0.416 e. The number of halogens is 4. The van der Waals surface area contributed by atoms with Gasteiger partial charge in [0.05, 0.1) is 17.5 Å². The van der Waals surface area contributed by atoms with Crippen LogP contribution < -0.4 is 5.73 Å². The highest BCUT2D eigenvalue weighted by atomic mass is 35.5. The molecule has 1 fully saturated rings. The lowest BCUT2D eigenvalue weighted by molar-refractivity contribution is -0.178. The third-order valence-corrected chi connectivity index (χ3v) is 8.55.